The predicted molar refractivity (Wildman–Crippen MR) is 110 cm³/mol. The van der Waals surface area contributed by atoms with Gasteiger partial charge in [-0.25, -0.2) is 8.42 Å². The number of anilines is 1. The number of allylic oxidation sites excluding steroid dienone is 1. The second kappa shape index (κ2) is 7.40. The van der Waals surface area contributed by atoms with Crippen LogP contribution >= 0.6 is 0 Å². The molecular weight excluding hydrogens is 360 g/mol. The third kappa shape index (κ3) is 3.66. The Morgan fingerprint density at radius 2 is 1.78 bits per heavy atom. The first-order valence-corrected chi connectivity index (χ1v) is 10.2. The second-order valence-electron chi connectivity index (χ2n) is 6.35. The van der Waals surface area contributed by atoms with Crippen molar-refractivity contribution in [3.8, 4) is 0 Å². The summed E-state index contributed by atoms with van der Waals surface area (Å²) in [4.78, 5) is 12.3. The van der Waals surface area contributed by atoms with Gasteiger partial charge < -0.3 is 4.57 Å². The lowest BCUT2D eigenvalue weighted by Crippen LogP contribution is -2.19. The second-order valence-corrected chi connectivity index (χ2v) is 8.03. The van der Waals surface area contributed by atoms with Crippen molar-refractivity contribution >= 4 is 26.6 Å². The molecule has 140 valence electrons. The van der Waals surface area contributed by atoms with E-state index in [9.17, 15) is 13.2 Å². The average molecular weight is 382 g/mol. The van der Waals surface area contributed by atoms with E-state index in [0.29, 0.717) is 18.7 Å². The zero-order chi connectivity index (χ0) is 19.6. The van der Waals surface area contributed by atoms with Gasteiger partial charge in [-0.15, -0.1) is 6.58 Å². The molecule has 27 heavy (non-hydrogen) atoms. The Morgan fingerprint density at radius 1 is 1.07 bits per heavy atom. The fourth-order valence-corrected chi connectivity index (χ4v) is 4.24. The lowest BCUT2D eigenvalue weighted by molar-refractivity contribution is 0.601. The first kappa shape index (κ1) is 18.9. The van der Waals surface area contributed by atoms with E-state index in [4.69, 9.17) is 0 Å². The fourth-order valence-electron chi connectivity index (χ4n) is 3.14. The molecule has 2 aromatic carbocycles. The van der Waals surface area contributed by atoms with Crippen molar-refractivity contribution in [2.75, 3.05) is 4.72 Å². The molecule has 0 aliphatic heterocycles. The zero-order valence-electron chi connectivity index (χ0n) is 15.4. The molecule has 6 heteroatoms. The summed E-state index contributed by atoms with van der Waals surface area (Å²) >= 11 is 0. The number of hydrogen-bond donors (Lipinski definition) is 1. The van der Waals surface area contributed by atoms with E-state index in [0.717, 1.165) is 22.0 Å². The molecule has 0 aliphatic carbocycles. The molecule has 0 bridgehead atoms. The molecule has 0 spiro atoms. The van der Waals surface area contributed by atoms with E-state index in [1.54, 1.807) is 53.1 Å². The lowest BCUT2D eigenvalue weighted by atomic mass is 10.0. The Morgan fingerprint density at radius 3 is 2.41 bits per heavy atom. The minimum absolute atomic E-state index is 0.0810. The summed E-state index contributed by atoms with van der Waals surface area (Å²) in [6, 6.07) is 13.4. The highest BCUT2D eigenvalue weighted by molar-refractivity contribution is 7.92. The van der Waals surface area contributed by atoms with Gasteiger partial charge in [0.15, 0.2) is 0 Å². The van der Waals surface area contributed by atoms with Gasteiger partial charge in [0.2, 0.25) is 0 Å². The Balaban J connectivity index is 2.15. The molecule has 1 N–H and O–H groups in total. The number of nitrogens with one attached hydrogen (secondary N) is 1. The molecule has 0 saturated carbocycles. The highest BCUT2D eigenvalue weighted by Crippen LogP contribution is 2.28. The van der Waals surface area contributed by atoms with E-state index in [1.807, 2.05) is 13.8 Å². The molecule has 0 amide bonds. The summed E-state index contributed by atoms with van der Waals surface area (Å²) in [7, 11) is -3.72. The summed E-state index contributed by atoms with van der Waals surface area (Å²) in [5, 5.41) is 0.834. The molecule has 0 radical (unpaired) electrons. The summed E-state index contributed by atoms with van der Waals surface area (Å²) < 4.78 is 29.9. The number of nitrogens with zero attached hydrogens (tertiary/aromatic N) is 1. The standard InChI is InChI=1S/C21H22N2O3S/c1-4-6-17-18-11-14-21(24)23(5-2)20(18)13-12-19(17)22-27(25,26)16-9-7-15(3)8-10-16/h4,7-14,22H,1,5-6H2,2-3H3. The van der Waals surface area contributed by atoms with Gasteiger partial charge in [-0.1, -0.05) is 23.8 Å². The van der Waals surface area contributed by atoms with Gasteiger partial charge >= 0.3 is 0 Å². The van der Waals surface area contributed by atoms with Crippen molar-refractivity contribution in [1.82, 2.24) is 4.57 Å². The molecule has 0 fully saturated rings. The number of hydrogen-bond acceptors (Lipinski definition) is 3. The quantitative estimate of drug-likeness (QED) is 0.658. The number of aryl methyl sites for hydroxylation is 2. The third-order valence-corrected chi connectivity index (χ3v) is 5.91. The van der Waals surface area contributed by atoms with E-state index in [2.05, 4.69) is 11.3 Å². The molecule has 1 aromatic heterocycles. The maximum atomic E-state index is 12.8. The van der Waals surface area contributed by atoms with Crippen LogP contribution in [-0.4, -0.2) is 13.0 Å². The molecule has 1 heterocycles. The van der Waals surface area contributed by atoms with Crippen LogP contribution in [0.3, 0.4) is 0 Å². The fraction of sp³-hybridized carbons (Fsp3) is 0.190. The molecule has 5 nitrogen and oxygen atoms in total. The van der Waals surface area contributed by atoms with Crippen LogP contribution in [0.25, 0.3) is 10.9 Å². The van der Waals surface area contributed by atoms with Gasteiger partial charge in [0.25, 0.3) is 15.6 Å². The SMILES string of the molecule is C=CCc1c(NS(=O)(=O)c2ccc(C)cc2)ccc2c1ccc(=O)n2CC. The van der Waals surface area contributed by atoms with Crippen LogP contribution in [0.2, 0.25) is 0 Å². The largest absolute Gasteiger partial charge is 0.309 e. The Bertz CT molecular complexity index is 1160. The number of sulfonamides is 1. The Hall–Kier alpha value is -2.86. The summed E-state index contributed by atoms with van der Waals surface area (Å²) in [5.74, 6) is 0. The maximum absolute atomic E-state index is 12.8. The smallest absolute Gasteiger partial charge is 0.261 e. The molecule has 0 saturated heterocycles. The van der Waals surface area contributed by atoms with Crippen LogP contribution in [0.1, 0.15) is 18.1 Å². The summed E-state index contributed by atoms with van der Waals surface area (Å²) in [6.07, 6.45) is 2.20. The predicted octanol–water partition coefficient (Wildman–Crippen LogP) is 3.86. The van der Waals surface area contributed by atoms with Gasteiger partial charge in [-0.2, -0.15) is 0 Å². The van der Waals surface area contributed by atoms with Crippen molar-refractivity contribution in [2.24, 2.45) is 0 Å². The lowest BCUT2D eigenvalue weighted by Gasteiger charge is -2.16. The molecule has 0 atom stereocenters. The maximum Gasteiger partial charge on any atom is 0.261 e. The number of fused-ring (bicyclic) bond motifs is 1. The van der Waals surface area contributed by atoms with Crippen molar-refractivity contribution in [3.63, 3.8) is 0 Å². The van der Waals surface area contributed by atoms with Crippen molar-refractivity contribution in [2.45, 2.75) is 31.7 Å². The molecule has 0 unspecified atom stereocenters. The molecular formula is C21H22N2O3S. The third-order valence-electron chi connectivity index (χ3n) is 4.52. The van der Waals surface area contributed by atoms with E-state index < -0.39 is 10.0 Å². The molecule has 3 aromatic rings. The van der Waals surface area contributed by atoms with Crippen LogP contribution in [0.5, 0.6) is 0 Å². The Kier molecular flexibility index (Phi) is 5.19. The zero-order valence-corrected chi connectivity index (χ0v) is 16.2. The normalized spacial score (nSPS) is 11.5. The molecule has 0 aliphatic rings. The number of rotatable bonds is 6. The Labute approximate surface area is 159 Å². The van der Waals surface area contributed by atoms with Crippen molar-refractivity contribution in [3.05, 3.63) is 82.7 Å². The van der Waals surface area contributed by atoms with Gasteiger partial charge in [-0.05, 0) is 56.2 Å². The van der Waals surface area contributed by atoms with E-state index >= 15 is 0 Å². The minimum atomic E-state index is -3.72. The summed E-state index contributed by atoms with van der Waals surface area (Å²) in [6.45, 7) is 8.13. The van der Waals surface area contributed by atoms with E-state index in [-0.39, 0.29) is 10.5 Å². The van der Waals surface area contributed by atoms with Crippen LogP contribution in [0.15, 0.2) is 70.9 Å². The van der Waals surface area contributed by atoms with Gasteiger partial charge in [-0.3, -0.25) is 9.52 Å². The van der Waals surface area contributed by atoms with E-state index in [1.165, 1.54) is 6.07 Å². The minimum Gasteiger partial charge on any atom is -0.309 e. The number of benzene rings is 2. The highest BCUT2D eigenvalue weighted by atomic mass is 32.2. The number of pyridine rings is 1. The summed E-state index contributed by atoms with van der Waals surface area (Å²) in [5.41, 5.74) is 2.97. The van der Waals surface area contributed by atoms with Gasteiger partial charge in [0.05, 0.1) is 16.1 Å². The van der Waals surface area contributed by atoms with Gasteiger partial charge in [0, 0.05) is 18.0 Å². The van der Waals surface area contributed by atoms with Crippen molar-refractivity contribution in [1.29, 1.82) is 0 Å². The first-order valence-electron chi connectivity index (χ1n) is 8.73. The van der Waals surface area contributed by atoms with Crippen LogP contribution in [0.4, 0.5) is 5.69 Å². The number of aromatic nitrogens is 1. The van der Waals surface area contributed by atoms with Crippen LogP contribution in [0, 0.1) is 6.92 Å². The molecule has 3 rings (SSSR count). The van der Waals surface area contributed by atoms with Crippen molar-refractivity contribution < 1.29 is 8.42 Å². The van der Waals surface area contributed by atoms with Gasteiger partial charge in [0.1, 0.15) is 0 Å². The average Bonchev–Trinajstić information content (AvgIpc) is 2.64. The first-order chi connectivity index (χ1) is 12.9. The van der Waals surface area contributed by atoms with Crippen LogP contribution < -0.4 is 10.3 Å². The highest BCUT2D eigenvalue weighted by Gasteiger charge is 2.17. The monoisotopic (exact) mass is 382 g/mol. The topological polar surface area (TPSA) is 68.2 Å². The van der Waals surface area contributed by atoms with Crippen LogP contribution in [-0.2, 0) is 23.0 Å².